The molecule has 21 heavy (non-hydrogen) atoms. The van der Waals surface area contributed by atoms with Crippen LogP contribution in [0.25, 0.3) is 0 Å². The Labute approximate surface area is 125 Å². The Kier molecular flexibility index (Phi) is 4.21. The molecule has 1 aromatic carbocycles. The van der Waals surface area contributed by atoms with Crippen molar-refractivity contribution in [1.29, 1.82) is 0 Å². The quantitative estimate of drug-likeness (QED) is 0.896. The molecule has 2 rings (SSSR count). The normalized spacial score (nSPS) is 17.6. The molecule has 1 atom stereocenters. The van der Waals surface area contributed by atoms with Gasteiger partial charge in [0.1, 0.15) is 6.54 Å². The van der Waals surface area contributed by atoms with Crippen LogP contribution in [-0.4, -0.2) is 40.5 Å². The summed E-state index contributed by atoms with van der Waals surface area (Å²) in [6.45, 7) is 6.04. The van der Waals surface area contributed by atoms with Crippen LogP contribution in [-0.2, 0) is 9.59 Å². The number of nitrogens with one attached hydrogen (secondary N) is 1. The van der Waals surface area contributed by atoms with Gasteiger partial charge in [-0.15, -0.1) is 0 Å². The summed E-state index contributed by atoms with van der Waals surface area (Å²) < 4.78 is 0. The molecule has 5 nitrogen and oxygen atoms in total. The molecule has 5 heteroatoms. The van der Waals surface area contributed by atoms with E-state index in [1.54, 1.807) is 0 Å². The molecule has 0 bridgehead atoms. The Morgan fingerprint density at radius 2 is 2.00 bits per heavy atom. The summed E-state index contributed by atoms with van der Waals surface area (Å²) in [6.07, 6.45) is 0.683. The number of nitrogens with zero attached hydrogens (tertiary/aromatic N) is 1. The van der Waals surface area contributed by atoms with Gasteiger partial charge in [0.05, 0.1) is 5.92 Å². The minimum Gasteiger partial charge on any atom is -0.480 e. The van der Waals surface area contributed by atoms with Gasteiger partial charge < -0.3 is 15.3 Å². The van der Waals surface area contributed by atoms with Gasteiger partial charge in [0.25, 0.3) is 0 Å². The number of carbonyl (C=O) groups excluding carboxylic acids is 1. The number of fused-ring (bicyclic) bond motifs is 1. The summed E-state index contributed by atoms with van der Waals surface area (Å²) in [7, 11) is 0. The molecule has 0 saturated heterocycles. The predicted molar refractivity (Wildman–Crippen MR) is 81.4 cm³/mol. The molecule has 1 aliphatic heterocycles. The number of carboxylic acid groups (broad SMARTS) is 1. The van der Waals surface area contributed by atoms with E-state index >= 15 is 0 Å². The molecule has 2 N–H and O–H groups in total. The first-order valence-electron chi connectivity index (χ1n) is 7.17. The van der Waals surface area contributed by atoms with Gasteiger partial charge in [-0.3, -0.25) is 9.59 Å². The van der Waals surface area contributed by atoms with Crippen molar-refractivity contribution < 1.29 is 14.7 Å². The van der Waals surface area contributed by atoms with Crippen molar-refractivity contribution >= 4 is 17.6 Å². The Balaban J connectivity index is 2.32. The van der Waals surface area contributed by atoms with Crippen LogP contribution < -0.4 is 5.32 Å². The highest BCUT2D eigenvalue weighted by Crippen LogP contribution is 2.34. The Morgan fingerprint density at radius 1 is 1.33 bits per heavy atom. The number of rotatable bonds is 3. The van der Waals surface area contributed by atoms with Crippen LogP contribution in [0.5, 0.6) is 0 Å². The van der Waals surface area contributed by atoms with E-state index < -0.39 is 11.5 Å². The topological polar surface area (TPSA) is 69.6 Å². The highest BCUT2D eigenvalue weighted by Gasteiger charge is 2.35. The van der Waals surface area contributed by atoms with E-state index in [0.717, 1.165) is 17.8 Å². The first-order valence-corrected chi connectivity index (χ1v) is 7.17. The van der Waals surface area contributed by atoms with Gasteiger partial charge in [0.2, 0.25) is 5.91 Å². The average molecular weight is 290 g/mol. The first-order chi connectivity index (χ1) is 9.80. The molecular formula is C16H22N2O3. The van der Waals surface area contributed by atoms with Crippen LogP contribution in [0.3, 0.4) is 0 Å². The van der Waals surface area contributed by atoms with Gasteiger partial charge in [-0.05, 0) is 38.8 Å². The number of carbonyl (C=O) groups is 2. The summed E-state index contributed by atoms with van der Waals surface area (Å²) in [4.78, 5) is 25.4. The zero-order valence-corrected chi connectivity index (χ0v) is 12.7. The van der Waals surface area contributed by atoms with Crippen LogP contribution in [0.15, 0.2) is 24.3 Å². The Bertz CT molecular complexity index is 549. The summed E-state index contributed by atoms with van der Waals surface area (Å²) in [6, 6.07) is 7.72. The van der Waals surface area contributed by atoms with Crippen molar-refractivity contribution in [2.24, 2.45) is 0 Å². The number of hydrogen-bond acceptors (Lipinski definition) is 3. The van der Waals surface area contributed by atoms with E-state index in [0.29, 0.717) is 6.42 Å². The highest BCUT2D eigenvalue weighted by molar-refractivity contribution is 5.89. The van der Waals surface area contributed by atoms with Crippen LogP contribution in [0, 0.1) is 0 Å². The molecular weight excluding hydrogens is 268 g/mol. The number of para-hydroxylation sites is 1. The van der Waals surface area contributed by atoms with Crippen LogP contribution in [0.2, 0.25) is 0 Å². The van der Waals surface area contributed by atoms with Crippen LogP contribution in [0.4, 0.5) is 5.69 Å². The lowest BCUT2D eigenvalue weighted by molar-refractivity contribution is -0.149. The van der Waals surface area contributed by atoms with Crippen molar-refractivity contribution in [3.8, 4) is 0 Å². The fourth-order valence-corrected chi connectivity index (χ4v) is 2.69. The number of aliphatic carboxylic acids is 1. The number of benzene rings is 1. The van der Waals surface area contributed by atoms with Gasteiger partial charge in [0, 0.05) is 17.8 Å². The second-order valence-electron chi connectivity index (χ2n) is 6.34. The zero-order valence-electron chi connectivity index (χ0n) is 12.7. The number of amides is 1. The van der Waals surface area contributed by atoms with E-state index in [1.165, 1.54) is 4.90 Å². The van der Waals surface area contributed by atoms with E-state index in [2.05, 4.69) is 5.32 Å². The van der Waals surface area contributed by atoms with Crippen molar-refractivity contribution in [3.63, 3.8) is 0 Å². The van der Waals surface area contributed by atoms with Crippen molar-refractivity contribution in [2.45, 2.75) is 38.6 Å². The molecule has 0 saturated carbocycles. The fourth-order valence-electron chi connectivity index (χ4n) is 2.69. The third-order valence-electron chi connectivity index (χ3n) is 3.75. The maximum atomic E-state index is 12.9. The van der Waals surface area contributed by atoms with Crippen LogP contribution >= 0.6 is 0 Å². The Hall–Kier alpha value is -2.04. The molecule has 1 aliphatic rings. The van der Waals surface area contributed by atoms with Gasteiger partial charge in [-0.2, -0.15) is 0 Å². The number of anilines is 1. The zero-order chi connectivity index (χ0) is 15.6. The predicted octanol–water partition coefficient (Wildman–Crippen LogP) is 2.30. The van der Waals surface area contributed by atoms with Crippen molar-refractivity contribution in [2.75, 3.05) is 18.4 Å². The third-order valence-corrected chi connectivity index (χ3v) is 3.75. The monoisotopic (exact) mass is 290 g/mol. The molecule has 1 aromatic rings. The SMILES string of the molecule is CC(C)(C)N(CC(=O)O)C(=O)C1CCNc2ccccc21. The molecule has 1 unspecified atom stereocenters. The van der Waals surface area contributed by atoms with Gasteiger partial charge in [-0.25, -0.2) is 0 Å². The Morgan fingerprint density at radius 3 is 2.62 bits per heavy atom. The lowest BCUT2D eigenvalue weighted by Gasteiger charge is -2.38. The van der Waals surface area contributed by atoms with E-state index in [4.69, 9.17) is 5.11 Å². The minimum atomic E-state index is -0.986. The molecule has 0 spiro atoms. The van der Waals surface area contributed by atoms with Crippen molar-refractivity contribution in [3.05, 3.63) is 29.8 Å². The second kappa shape index (κ2) is 5.76. The number of carboxylic acids is 1. The van der Waals surface area contributed by atoms with Crippen molar-refractivity contribution in [1.82, 2.24) is 4.90 Å². The lowest BCUT2D eigenvalue weighted by atomic mass is 9.88. The first kappa shape index (κ1) is 15.4. The van der Waals surface area contributed by atoms with Gasteiger partial charge in [0.15, 0.2) is 0 Å². The molecule has 0 radical (unpaired) electrons. The van der Waals surface area contributed by atoms with E-state index in [9.17, 15) is 9.59 Å². The average Bonchev–Trinajstić information content (AvgIpc) is 2.42. The second-order valence-corrected chi connectivity index (χ2v) is 6.34. The summed E-state index contributed by atoms with van der Waals surface area (Å²) >= 11 is 0. The fraction of sp³-hybridized carbons (Fsp3) is 0.500. The number of hydrogen-bond donors (Lipinski definition) is 2. The molecule has 0 aromatic heterocycles. The summed E-state index contributed by atoms with van der Waals surface area (Å²) in [5, 5.41) is 12.4. The van der Waals surface area contributed by atoms with E-state index in [1.807, 2.05) is 45.0 Å². The highest BCUT2D eigenvalue weighted by atomic mass is 16.4. The van der Waals surface area contributed by atoms with E-state index in [-0.39, 0.29) is 18.4 Å². The molecule has 1 amide bonds. The summed E-state index contributed by atoms with van der Waals surface area (Å²) in [5.74, 6) is -1.37. The molecule has 0 aliphatic carbocycles. The smallest absolute Gasteiger partial charge is 0.323 e. The lowest BCUT2D eigenvalue weighted by Crippen LogP contribution is -2.50. The van der Waals surface area contributed by atoms with Gasteiger partial charge >= 0.3 is 5.97 Å². The summed E-state index contributed by atoms with van der Waals surface area (Å²) in [5.41, 5.74) is 1.40. The third kappa shape index (κ3) is 3.35. The maximum Gasteiger partial charge on any atom is 0.323 e. The maximum absolute atomic E-state index is 12.9. The standard InChI is InChI=1S/C16H22N2O3/c1-16(2,3)18(10-14(19)20)15(21)12-8-9-17-13-7-5-4-6-11(12)13/h4-7,12,17H,8-10H2,1-3H3,(H,19,20). The molecule has 114 valence electrons. The molecule has 1 heterocycles. The van der Waals surface area contributed by atoms with Gasteiger partial charge in [-0.1, -0.05) is 18.2 Å². The largest absolute Gasteiger partial charge is 0.480 e. The minimum absolute atomic E-state index is 0.112. The van der Waals surface area contributed by atoms with Crippen LogP contribution in [0.1, 0.15) is 38.7 Å². The molecule has 0 fully saturated rings.